The van der Waals surface area contributed by atoms with Crippen molar-refractivity contribution in [2.45, 2.75) is 0 Å². The number of halogens is 1. The van der Waals surface area contributed by atoms with Gasteiger partial charge in [0.15, 0.2) is 8.38 Å². The molecule has 0 aromatic carbocycles. The lowest BCUT2D eigenvalue weighted by atomic mass is 11.0. The van der Waals surface area contributed by atoms with Crippen molar-refractivity contribution in [1.82, 2.24) is 0 Å². The summed E-state index contributed by atoms with van der Waals surface area (Å²) in [6.07, 6.45) is 0.316. The summed E-state index contributed by atoms with van der Waals surface area (Å²) in [4.78, 5) is 16.2. The van der Waals surface area contributed by atoms with E-state index in [2.05, 4.69) is 0 Å². The third-order valence-electron chi connectivity index (χ3n) is 0.285. The quantitative estimate of drug-likeness (QED) is 0.421. The van der Waals surface area contributed by atoms with Crippen molar-refractivity contribution in [2.24, 2.45) is 0 Å². The van der Waals surface area contributed by atoms with Gasteiger partial charge in [0.25, 0.3) is 0 Å². The standard InChI is InChI=1S/C2H6ClO2P/c3-1-2-6(4)5/h4-5H,1-2H2. The van der Waals surface area contributed by atoms with E-state index < -0.39 is 8.38 Å². The Labute approximate surface area is 42.7 Å². The van der Waals surface area contributed by atoms with E-state index in [4.69, 9.17) is 21.4 Å². The van der Waals surface area contributed by atoms with Gasteiger partial charge in [0.2, 0.25) is 0 Å². The predicted molar refractivity (Wildman–Crippen MR) is 26.9 cm³/mol. The zero-order valence-electron chi connectivity index (χ0n) is 3.13. The molecule has 2 N–H and O–H groups in total. The molecule has 0 bridgehead atoms. The highest BCUT2D eigenvalue weighted by atomic mass is 35.5. The van der Waals surface area contributed by atoms with Crippen molar-refractivity contribution in [1.29, 1.82) is 0 Å². The predicted octanol–water partition coefficient (Wildman–Crippen LogP) is 0.522. The van der Waals surface area contributed by atoms with E-state index in [1.165, 1.54) is 0 Å². The van der Waals surface area contributed by atoms with Gasteiger partial charge in [-0.2, -0.15) is 0 Å². The molecule has 2 nitrogen and oxygen atoms in total. The molecule has 0 atom stereocenters. The van der Waals surface area contributed by atoms with E-state index in [0.29, 0.717) is 12.0 Å². The Bertz CT molecular complexity index is 32.7. The molecule has 0 spiro atoms. The largest absolute Gasteiger partial charge is 0.350 e. The molecule has 0 aliphatic rings. The molecule has 4 heteroatoms. The van der Waals surface area contributed by atoms with E-state index in [1.807, 2.05) is 0 Å². The molecule has 0 aliphatic heterocycles. The van der Waals surface area contributed by atoms with E-state index in [-0.39, 0.29) is 0 Å². The van der Waals surface area contributed by atoms with Crippen LogP contribution in [0.15, 0.2) is 0 Å². The summed E-state index contributed by atoms with van der Waals surface area (Å²) in [7, 11) is -1.73. The van der Waals surface area contributed by atoms with Gasteiger partial charge in [-0.25, -0.2) is 0 Å². The lowest BCUT2D eigenvalue weighted by Gasteiger charge is -1.92. The lowest BCUT2D eigenvalue weighted by molar-refractivity contribution is 0.485. The van der Waals surface area contributed by atoms with Gasteiger partial charge in [-0.15, -0.1) is 11.6 Å². The van der Waals surface area contributed by atoms with Crippen LogP contribution in [0.3, 0.4) is 0 Å². The molecule has 0 aromatic heterocycles. The Hall–Kier alpha value is 0.640. The van der Waals surface area contributed by atoms with Crippen LogP contribution in [0.25, 0.3) is 0 Å². The highest BCUT2D eigenvalue weighted by molar-refractivity contribution is 7.45. The van der Waals surface area contributed by atoms with Gasteiger partial charge in [-0.1, -0.05) is 0 Å². The van der Waals surface area contributed by atoms with Gasteiger partial charge in [0.1, 0.15) is 0 Å². The Morgan fingerprint density at radius 3 is 2.00 bits per heavy atom. The van der Waals surface area contributed by atoms with Gasteiger partial charge < -0.3 is 9.79 Å². The van der Waals surface area contributed by atoms with Gasteiger partial charge in [-0.05, 0) is 0 Å². The van der Waals surface area contributed by atoms with E-state index in [0.717, 1.165) is 0 Å². The highest BCUT2D eigenvalue weighted by Crippen LogP contribution is 2.21. The summed E-state index contributed by atoms with van der Waals surface area (Å²) in [6, 6.07) is 0. The first-order valence-corrected chi connectivity index (χ1v) is 3.45. The maximum Gasteiger partial charge on any atom is 0.166 e. The van der Waals surface area contributed by atoms with Crippen LogP contribution in [0.4, 0.5) is 0 Å². The number of hydrogen-bond donors (Lipinski definition) is 2. The summed E-state index contributed by atoms with van der Waals surface area (Å²) in [5, 5.41) is 0. The molecule has 0 fully saturated rings. The third kappa shape index (κ3) is 4.64. The first kappa shape index (κ1) is 6.64. The van der Waals surface area contributed by atoms with Crippen molar-refractivity contribution >= 4 is 20.0 Å². The smallest absolute Gasteiger partial charge is 0.166 e. The Balaban J connectivity index is 2.63. The Kier molecular flexibility index (Phi) is 4.22. The third-order valence-corrected chi connectivity index (χ3v) is 1.36. The van der Waals surface area contributed by atoms with Crippen LogP contribution in [-0.2, 0) is 0 Å². The monoisotopic (exact) mass is 128 g/mol. The lowest BCUT2D eigenvalue weighted by Crippen LogP contribution is -1.79. The maximum absolute atomic E-state index is 8.09. The summed E-state index contributed by atoms with van der Waals surface area (Å²) >= 11 is 5.09. The average Bonchev–Trinajstić information content (AvgIpc) is 1.35. The minimum atomic E-state index is -1.73. The molecular formula is C2H6ClO2P. The second-order valence-corrected chi connectivity index (χ2v) is 2.35. The summed E-state index contributed by atoms with van der Waals surface area (Å²) in [5.74, 6) is 0.332. The van der Waals surface area contributed by atoms with Crippen LogP contribution in [-0.4, -0.2) is 21.8 Å². The summed E-state index contributed by atoms with van der Waals surface area (Å²) in [5.41, 5.74) is 0. The SMILES string of the molecule is OP(O)CCCl. The van der Waals surface area contributed by atoms with Crippen molar-refractivity contribution < 1.29 is 9.79 Å². The van der Waals surface area contributed by atoms with Gasteiger partial charge >= 0.3 is 0 Å². The average molecular weight is 128 g/mol. The summed E-state index contributed by atoms with van der Waals surface area (Å²) in [6.45, 7) is 0. The zero-order chi connectivity index (χ0) is 4.99. The molecule has 6 heavy (non-hydrogen) atoms. The first-order valence-electron chi connectivity index (χ1n) is 1.48. The molecule has 0 saturated heterocycles. The fourth-order valence-electron chi connectivity index (χ4n) is 0.0756. The van der Waals surface area contributed by atoms with Crippen LogP contribution in [0, 0.1) is 0 Å². The van der Waals surface area contributed by atoms with E-state index in [9.17, 15) is 0 Å². The molecule has 0 rings (SSSR count). The minimum absolute atomic E-state index is 0.316. The molecule has 0 aromatic rings. The minimum Gasteiger partial charge on any atom is -0.350 e. The second kappa shape index (κ2) is 3.82. The molecule has 0 amide bonds. The normalized spacial score (nSPS) is 10.0. The van der Waals surface area contributed by atoms with Gasteiger partial charge in [0.05, 0.1) is 0 Å². The Morgan fingerprint density at radius 2 is 2.00 bits per heavy atom. The van der Waals surface area contributed by atoms with Crippen molar-refractivity contribution in [3.63, 3.8) is 0 Å². The molecule has 0 unspecified atom stereocenters. The fraction of sp³-hybridized carbons (Fsp3) is 1.00. The molecule has 0 aliphatic carbocycles. The van der Waals surface area contributed by atoms with Gasteiger partial charge in [-0.3, -0.25) is 0 Å². The van der Waals surface area contributed by atoms with Crippen LogP contribution in [0.5, 0.6) is 0 Å². The molecule has 0 heterocycles. The van der Waals surface area contributed by atoms with Crippen molar-refractivity contribution in [2.75, 3.05) is 12.0 Å². The van der Waals surface area contributed by atoms with Crippen molar-refractivity contribution in [3.05, 3.63) is 0 Å². The van der Waals surface area contributed by atoms with Crippen LogP contribution in [0.1, 0.15) is 0 Å². The second-order valence-electron chi connectivity index (χ2n) is 0.785. The number of rotatable bonds is 2. The maximum atomic E-state index is 8.09. The van der Waals surface area contributed by atoms with Crippen LogP contribution in [0.2, 0.25) is 0 Å². The summed E-state index contributed by atoms with van der Waals surface area (Å²) < 4.78 is 0. The first-order chi connectivity index (χ1) is 2.77. The van der Waals surface area contributed by atoms with E-state index in [1.54, 1.807) is 0 Å². The molecular weight excluding hydrogens is 122 g/mol. The Morgan fingerprint density at radius 1 is 1.50 bits per heavy atom. The zero-order valence-corrected chi connectivity index (χ0v) is 4.78. The van der Waals surface area contributed by atoms with Crippen LogP contribution >= 0.6 is 20.0 Å². The molecule has 38 valence electrons. The molecule has 0 saturated carbocycles. The fourth-order valence-corrected chi connectivity index (χ4v) is 0.680. The van der Waals surface area contributed by atoms with Crippen LogP contribution < -0.4 is 0 Å². The van der Waals surface area contributed by atoms with Gasteiger partial charge in [0, 0.05) is 12.0 Å². The number of alkyl halides is 1. The van der Waals surface area contributed by atoms with Crippen molar-refractivity contribution in [3.8, 4) is 0 Å². The highest BCUT2D eigenvalue weighted by Gasteiger charge is 1.91. The molecule has 0 radical (unpaired) electrons. The topological polar surface area (TPSA) is 40.5 Å². The number of hydrogen-bond acceptors (Lipinski definition) is 2. The van der Waals surface area contributed by atoms with E-state index >= 15 is 0 Å².